The van der Waals surface area contributed by atoms with Crippen LogP contribution in [-0.4, -0.2) is 9.97 Å². The topological polar surface area (TPSA) is 75.9 Å². The molecule has 5 nitrogen and oxygen atoms in total. The van der Waals surface area contributed by atoms with E-state index in [0.29, 0.717) is 5.95 Å². The number of aromatic nitrogens is 2. The van der Waals surface area contributed by atoms with Gasteiger partial charge in [-0.05, 0) is 31.2 Å². The average Bonchev–Trinajstić information content (AvgIpc) is 2.35. The van der Waals surface area contributed by atoms with Gasteiger partial charge in [0.1, 0.15) is 5.82 Å². The molecular formula is C11H12BrN5. The number of rotatable bonds is 3. The van der Waals surface area contributed by atoms with Crippen LogP contribution in [0.2, 0.25) is 0 Å². The molecule has 0 bridgehead atoms. The highest BCUT2D eigenvalue weighted by Gasteiger charge is 2.03. The molecule has 0 fully saturated rings. The molecule has 6 heteroatoms. The van der Waals surface area contributed by atoms with Crippen molar-refractivity contribution in [3.63, 3.8) is 0 Å². The fraction of sp³-hybridized carbons (Fsp3) is 0.0909. The first kappa shape index (κ1) is 11.8. The van der Waals surface area contributed by atoms with Crippen molar-refractivity contribution < 1.29 is 0 Å². The summed E-state index contributed by atoms with van der Waals surface area (Å²) in [6.07, 6.45) is 1.71. The quantitative estimate of drug-likeness (QED) is 0.599. The van der Waals surface area contributed by atoms with Crippen LogP contribution in [0.25, 0.3) is 0 Å². The van der Waals surface area contributed by atoms with Gasteiger partial charge in [0.15, 0.2) is 0 Å². The Morgan fingerprint density at radius 1 is 1.24 bits per heavy atom. The molecule has 17 heavy (non-hydrogen) atoms. The Kier molecular flexibility index (Phi) is 3.55. The number of hydrazine groups is 1. The Morgan fingerprint density at radius 3 is 2.59 bits per heavy atom. The number of hydrogen-bond donors (Lipinski definition) is 3. The summed E-state index contributed by atoms with van der Waals surface area (Å²) in [6.45, 7) is 1.93. The van der Waals surface area contributed by atoms with Crippen LogP contribution < -0.4 is 16.6 Å². The SMILES string of the molecule is Cc1cnc(NN)nc1Nc1ccc(Br)cc1. The first-order valence-corrected chi connectivity index (χ1v) is 5.81. The van der Waals surface area contributed by atoms with Crippen molar-refractivity contribution in [3.05, 3.63) is 40.5 Å². The van der Waals surface area contributed by atoms with Crippen molar-refractivity contribution in [3.8, 4) is 0 Å². The van der Waals surface area contributed by atoms with Crippen molar-refractivity contribution in [2.75, 3.05) is 10.7 Å². The first-order chi connectivity index (χ1) is 8.19. The van der Waals surface area contributed by atoms with Crippen molar-refractivity contribution in [2.45, 2.75) is 6.92 Å². The number of aryl methyl sites for hydroxylation is 1. The van der Waals surface area contributed by atoms with E-state index < -0.39 is 0 Å². The highest BCUT2D eigenvalue weighted by Crippen LogP contribution is 2.20. The van der Waals surface area contributed by atoms with Crippen LogP contribution in [0.15, 0.2) is 34.9 Å². The third kappa shape index (κ3) is 2.92. The monoisotopic (exact) mass is 293 g/mol. The summed E-state index contributed by atoms with van der Waals surface area (Å²) in [6, 6.07) is 7.84. The van der Waals surface area contributed by atoms with Gasteiger partial charge < -0.3 is 5.32 Å². The van der Waals surface area contributed by atoms with Gasteiger partial charge in [-0.25, -0.2) is 10.8 Å². The zero-order valence-electron chi connectivity index (χ0n) is 9.24. The number of nitrogens with two attached hydrogens (primary N) is 1. The van der Waals surface area contributed by atoms with Gasteiger partial charge >= 0.3 is 0 Å². The molecule has 4 N–H and O–H groups in total. The molecule has 1 aromatic heterocycles. The van der Waals surface area contributed by atoms with E-state index >= 15 is 0 Å². The number of nitrogens with zero attached hydrogens (tertiary/aromatic N) is 2. The van der Waals surface area contributed by atoms with Gasteiger partial charge in [-0.3, -0.25) is 5.43 Å². The average molecular weight is 294 g/mol. The molecule has 0 saturated carbocycles. The van der Waals surface area contributed by atoms with Gasteiger partial charge in [0.2, 0.25) is 5.95 Å². The summed E-state index contributed by atoms with van der Waals surface area (Å²) in [5, 5.41) is 3.21. The van der Waals surface area contributed by atoms with Crippen molar-refractivity contribution in [2.24, 2.45) is 5.84 Å². The number of nitrogens with one attached hydrogen (secondary N) is 2. The fourth-order valence-corrected chi connectivity index (χ4v) is 1.57. The van der Waals surface area contributed by atoms with Gasteiger partial charge in [-0.1, -0.05) is 15.9 Å². The molecule has 1 aromatic carbocycles. The Hall–Kier alpha value is -1.66. The molecule has 2 rings (SSSR count). The van der Waals surface area contributed by atoms with Crippen molar-refractivity contribution in [1.82, 2.24) is 9.97 Å². The van der Waals surface area contributed by atoms with E-state index in [2.05, 4.69) is 36.6 Å². The summed E-state index contributed by atoms with van der Waals surface area (Å²) in [5.74, 6) is 6.39. The summed E-state index contributed by atoms with van der Waals surface area (Å²) in [5.41, 5.74) is 4.33. The number of hydrogen-bond acceptors (Lipinski definition) is 5. The zero-order chi connectivity index (χ0) is 12.3. The van der Waals surface area contributed by atoms with Gasteiger partial charge in [0, 0.05) is 21.9 Å². The zero-order valence-corrected chi connectivity index (χ0v) is 10.8. The maximum absolute atomic E-state index is 5.27. The molecule has 0 spiro atoms. The minimum Gasteiger partial charge on any atom is -0.340 e. The number of anilines is 3. The smallest absolute Gasteiger partial charge is 0.239 e. The number of halogens is 1. The lowest BCUT2D eigenvalue weighted by atomic mass is 10.3. The van der Waals surface area contributed by atoms with E-state index in [0.717, 1.165) is 21.5 Å². The maximum atomic E-state index is 5.27. The molecule has 0 atom stereocenters. The summed E-state index contributed by atoms with van der Waals surface area (Å²) < 4.78 is 1.03. The maximum Gasteiger partial charge on any atom is 0.239 e. The normalized spacial score (nSPS) is 10.1. The lowest BCUT2D eigenvalue weighted by molar-refractivity contribution is 1.09. The molecule has 88 valence electrons. The van der Waals surface area contributed by atoms with Crippen LogP contribution in [0.4, 0.5) is 17.5 Å². The highest BCUT2D eigenvalue weighted by atomic mass is 79.9. The standard InChI is InChI=1S/C11H12BrN5/c1-7-6-14-11(17-13)16-10(7)15-9-4-2-8(12)3-5-9/h2-6H,13H2,1H3,(H2,14,15,16,17). The lowest BCUT2D eigenvalue weighted by Gasteiger charge is -2.09. The fourth-order valence-electron chi connectivity index (χ4n) is 1.31. The minimum absolute atomic E-state index is 0.384. The van der Waals surface area contributed by atoms with Crippen LogP contribution in [0.1, 0.15) is 5.56 Å². The Labute approximate surface area is 108 Å². The molecular weight excluding hydrogens is 282 g/mol. The summed E-state index contributed by atoms with van der Waals surface area (Å²) in [7, 11) is 0. The van der Waals surface area contributed by atoms with Crippen molar-refractivity contribution in [1.29, 1.82) is 0 Å². The molecule has 0 aliphatic rings. The van der Waals surface area contributed by atoms with Gasteiger partial charge in [-0.15, -0.1) is 0 Å². The Morgan fingerprint density at radius 2 is 1.94 bits per heavy atom. The first-order valence-electron chi connectivity index (χ1n) is 5.02. The molecule has 0 saturated heterocycles. The highest BCUT2D eigenvalue weighted by molar-refractivity contribution is 9.10. The molecule has 0 unspecified atom stereocenters. The van der Waals surface area contributed by atoms with Gasteiger partial charge in [0.05, 0.1) is 0 Å². The van der Waals surface area contributed by atoms with Gasteiger partial charge in [0.25, 0.3) is 0 Å². The predicted octanol–water partition coefficient (Wildman–Crippen LogP) is 2.58. The largest absolute Gasteiger partial charge is 0.340 e. The second-order valence-electron chi connectivity index (χ2n) is 3.50. The van der Waals surface area contributed by atoms with E-state index in [4.69, 9.17) is 5.84 Å². The minimum atomic E-state index is 0.384. The summed E-state index contributed by atoms with van der Waals surface area (Å²) in [4.78, 5) is 8.26. The van der Waals surface area contributed by atoms with E-state index in [-0.39, 0.29) is 0 Å². The molecule has 0 aliphatic heterocycles. The molecule has 2 aromatic rings. The van der Waals surface area contributed by atoms with Crippen LogP contribution in [0.5, 0.6) is 0 Å². The lowest BCUT2D eigenvalue weighted by Crippen LogP contribution is -2.11. The van der Waals surface area contributed by atoms with Crippen LogP contribution in [0.3, 0.4) is 0 Å². The second kappa shape index (κ2) is 5.11. The van der Waals surface area contributed by atoms with Crippen LogP contribution in [-0.2, 0) is 0 Å². The third-order valence-electron chi connectivity index (χ3n) is 2.21. The van der Waals surface area contributed by atoms with Crippen LogP contribution >= 0.6 is 15.9 Å². The van der Waals surface area contributed by atoms with Gasteiger partial charge in [-0.2, -0.15) is 4.98 Å². The molecule has 1 heterocycles. The van der Waals surface area contributed by atoms with E-state index in [9.17, 15) is 0 Å². The van der Waals surface area contributed by atoms with E-state index in [1.54, 1.807) is 6.20 Å². The van der Waals surface area contributed by atoms with Crippen LogP contribution in [0, 0.1) is 6.92 Å². The van der Waals surface area contributed by atoms with Crippen molar-refractivity contribution >= 4 is 33.4 Å². The van der Waals surface area contributed by atoms with E-state index in [1.807, 2.05) is 31.2 Å². The third-order valence-corrected chi connectivity index (χ3v) is 2.74. The second-order valence-corrected chi connectivity index (χ2v) is 4.42. The van der Waals surface area contributed by atoms with E-state index in [1.165, 1.54) is 0 Å². The summed E-state index contributed by atoms with van der Waals surface area (Å²) >= 11 is 3.39. The molecule has 0 radical (unpaired) electrons. The Bertz CT molecular complexity index is 512. The molecule has 0 aliphatic carbocycles. The number of nitrogen functional groups attached to an aromatic ring is 1. The molecule has 0 amide bonds. The Balaban J connectivity index is 2.25. The number of benzene rings is 1. The predicted molar refractivity (Wildman–Crippen MR) is 72.0 cm³/mol.